The molecule has 0 aliphatic carbocycles. The van der Waals surface area contributed by atoms with Crippen LogP contribution in [0, 0.1) is 0 Å². The van der Waals surface area contributed by atoms with E-state index in [-0.39, 0.29) is 4.90 Å². The van der Waals surface area contributed by atoms with Crippen molar-refractivity contribution in [2.24, 2.45) is 4.99 Å². The monoisotopic (exact) mass is 521 g/mol. The molecule has 1 atom stereocenters. The number of anilines is 1. The quantitative estimate of drug-likeness (QED) is 0.441. The number of benzene rings is 3. The SMILES string of the molecule is CCC1=C(C(=O)OC)C(c2cccc(NS(=O)(=O)c3cccc4ccccc34)c2)N2CCCSC2=N1. The smallest absolute Gasteiger partial charge is 0.338 e. The highest BCUT2D eigenvalue weighted by Crippen LogP contribution is 2.41. The molecule has 2 heterocycles. The molecule has 5 rings (SSSR count). The van der Waals surface area contributed by atoms with E-state index < -0.39 is 22.0 Å². The number of ether oxygens (including phenoxy) is 1. The standard InChI is InChI=1S/C27H27N3O4S2/c1-3-22-24(26(31)34-2)25(30-15-8-16-35-27(30)28-22)19-11-6-12-20(17-19)29-36(32,33)23-14-7-10-18-9-4-5-13-21(18)23/h4-7,9-14,17,25,29H,3,8,15-16H2,1-2H3. The summed E-state index contributed by atoms with van der Waals surface area (Å²) in [6, 6.07) is 19.5. The van der Waals surface area contributed by atoms with Crippen LogP contribution in [0.1, 0.15) is 31.4 Å². The minimum Gasteiger partial charge on any atom is -0.466 e. The maximum Gasteiger partial charge on any atom is 0.338 e. The summed E-state index contributed by atoms with van der Waals surface area (Å²) in [5.41, 5.74) is 2.43. The highest BCUT2D eigenvalue weighted by Gasteiger charge is 2.38. The number of carbonyl (C=O) groups is 1. The molecule has 3 aromatic rings. The number of amidine groups is 1. The van der Waals surface area contributed by atoms with E-state index in [1.165, 1.54) is 7.11 Å². The molecule has 0 amide bonds. The van der Waals surface area contributed by atoms with Crippen LogP contribution in [0.5, 0.6) is 0 Å². The number of fused-ring (bicyclic) bond motifs is 2. The highest BCUT2D eigenvalue weighted by atomic mass is 32.2. The van der Waals surface area contributed by atoms with Crippen LogP contribution >= 0.6 is 11.8 Å². The molecule has 9 heteroatoms. The number of aliphatic imine (C=N–C) groups is 1. The van der Waals surface area contributed by atoms with Crippen LogP contribution in [-0.4, -0.2) is 43.9 Å². The average Bonchev–Trinajstić information content (AvgIpc) is 2.91. The molecule has 3 aromatic carbocycles. The van der Waals surface area contributed by atoms with Crippen molar-refractivity contribution in [3.05, 3.63) is 83.6 Å². The van der Waals surface area contributed by atoms with Crippen LogP contribution < -0.4 is 4.72 Å². The first-order valence-corrected chi connectivity index (χ1v) is 14.3. The molecule has 0 spiro atoms. The van der Waals surface area contributed by atoms with Crippen molar-refractivity contribution < 1.29 is 17.9 Å². The zero-order valence-electron chi connectivity index (χ0n) is 20.1. The third-order valence-corrected chi connectivity index (χ3v) is 8.90. The summed E-state index contributed by atoms with van der Waals surface area (Å²) in [7, 11) is -2.48. The van der Waals surface area contributed by atoms with Gasteiger partial charge in [0, 0.05) is 23.4 Å². The summed E-state index contributed by atoms with van der Waals surface area (Å²) < 4.78 is 34.7. The number of methoxy groups -OCH3 is 1. The highest BCUT2D eigenvalue weighted by molar-refractivity contribution is 8.13. The van der Waals surface area contributed by atoms with Crippen LogP contribution in [0.4, 0.5) is 5.69 Å². The second kappa shape index (κ2) is 9.99. The minimum atomic E-state index is -3.86. The van der Waals surface area contributed by atoms with Crippen LogP contribution in [0.25, 0.3) is 10.8 Å². The Morgan fingerprint density at radius 2 is 1.92 bits per heavy atom. The first kappa shape index (κ1) is 24.4. The molecule has 36 heavy (non-hydrogen) atoms. The third kappa shape index (κ3) is 4.49. The zero-order chi connectivity index (χ0) is 25.3. The molecule has 186 valence electrons. The average molecular weight is 522 g/mol. The Bertz CT molecular complexity index is 1490. The predicted octanol–water partition coefficient (Wildman–Crippen LogP) is 5.33. The van der Waals surface area contributed by atoms with Gasteiger partial charge in [0.15, 0.2) is 5.17 Å². The van der Waals surface area contributed by atoms with Gasteiger partial charge in [-0.05, 0) is 42.0 Å². The molecule has 7 nitrogen and oxygen atoms in total. The number of allylic oxidation sites excluding steroid dienone is 1. The lowest BCUT2D eigenvalue weighted by atomic mass is 9.93. The van der Waals surface area contributed by atoms with Gasteiger partial charge in [0.25, 0.3) is 10.0 Å². The second-order valence-electron chi connectivity index (χ2n) is 8.61. The van der Waals surface area contributed by atoms with Crippen molar-refractivity contribution >= 4 is 49.4 Å². The number of rotatable bonds is 6. The molecule has 2 aliphatic heterocycles. The Kier molecular flexibility index (Phi) is 6.77. The number of hydrogen-bond donors (Lipinski definition) is 1. The van der Waals surface area contributed by atoms with E-state index in [0.29, 0.717) is 28.8 Å². The van der Waals surface area contributed by atoms with E-state index in [1.54, 1.807) is 48.2 Å². The van der Waals surface area contributed by atoms with E-state index in [2.05, 4.69) is 9.62 Å². The Balaban J connectivity index is 1.55. The normalized spacial score (nSPS) is 18.0. The Hall–Kier alpha value is -3.30. The number of esters is 1. The Morgan fingerprint density at radius 3 is 2.72 bits per heavy atom. The van der Waals surface area contributed by atoms with Gasteiger partial charge in [-0.2, -0.15) is 0 Å². The fourth-order valence-corrected chi connectivity index (χ4v) is 7.04. The summed E-state index contributed by atoms with van der Waals surface area (Å²) in [5.74, 6) is 0.550. The van der Waals surface area contributed by atoms with E-state index in [4.69, 9.17) is 9.73 Å². The molecule has 1 saturated heterocycles. The lowest BCUT2D eigenvalue weighted by Crippen LogP contribution is -2.42. The summed E-state index contributed by atoms with van der Waals surface area (Å²) >= 11 is 1.68. The van der Waals surface area contributed by atoms with Crippen molar-refractivity contribution in [1.29, 1.82) is 0 Å². The van der Waals surface area contributed by atoms with E-state index in [0.717, 1.165) is 34.8 Å². The van der Waals surface area contributed by atoms with Crippen LogP contribution in [0.15, 0.2) is 87.9 Å². The number of nitrogens with zero attached hydrogens (tertiary/aromatic N) is 2. The van der Waals surface area contributed by atoms with E-state index in [9.17, 15) is 13.2 Å². The van der Waals surface area contributed by atoms with Gasteiger partial charge < -0.3 is 9.64 Å². The molecule has 0 bridgehead atoms. The van der Waals surface area contributed by atoms with Gasteiger partial charge in [-0.25, -0.2) is 18.2 Å². The molecule has 1 fully saturated rings. The van der Waals surface area contributed by atoms with Gasteiger partial charge >= 0.3 is 5.97 Å². The van der Waals surface area contributed by atoms with Crippen LogP contribution in [-0.2, 0) is 19.6 Å². The molecule has 1 unspecified atom stereocenters. The molecule has 0 saturated carbocycles. The summed E-state index contributed by atoms with van der Waals surface area (Å²) in [6.45, 7) is 2.72. The molecular weight excluding hydrogens is 494 g/mol. The largest absolute Gasteiger partial charge is 0.466 e. The van der Waals surface area contributed by atoms with Crippen molar-refractivity contribution in [3.8, 4) is 0 Å². The van der Waals surface area contributed by atoms with Gasteiger partial charge in [0.1, 0.15) is 0 Å². The van der Waals surface area contributed by atoms with Crippen molar-refractivity contribution in [3.63, 3.8) is 0 Å². The first-order valence-electron chi connectivity index (χ1n) is 11.8. The predicted molar refractivity (Wildman–Crippen MR) is 144 cm³/mol. The molecule has 0 aromatic heterocycles. The molecular formula is C27H27N3O4S2. The summed E-state index contributed by atoms with van der Waals surface area (Å²) in [5, 5.41) is 2.40. The van der Waals surface area contributed by atoms with Gasteiger partial charge in [-0.1, -0.05) is 67.2 Å². The fraction of sp³-hybridized carbons (Fsp3) is 0.259. The maximum absolute atomic E-state index is 13.4. The van der Waals surface area contributed by atoms with Crippen molar-refractivity contribution in [2.75, 3.05) is 24.1 Å². The summed E-state index contributed by atoms with van der Waals surface area (Å²) in [6.07, 6.45) is 1.55. The molecule has 0 radical (unpaired) electrons. The van der Waals surface area contributed by atoms with Crippen molar-refractivity contribution in [1.82, 2.24) is 4.90 Å². The number of thioether (sulfide) groups is 1. The van der Waals surface area contributed by atoms with Gasteiger partial charge in [-0.15, -0.1) is 0 Å². The number of carbonyl (C=O) groups excluding carboxylic acids is 1. The van der Waals surface area contributed by atoms with Gasteiger partial charge in [0.05, 0.1) is 29.3 Å². The Labute approximate surface area is 215 Å². The second-order valence-corrected chi connectivity index (χ2v) is 11.3. The van der Waals surface area contributed by atoms with Gasteiger partial charge in [-0.3, -0.25) is 4.72 Å². The number of hydrogen-bond acceptors (Lipinski definition) is 7. The third-order valence-electron chi connectivity index (χ3n) is 6.38. The Morgan fingerprint density at radius 1 is 1.14 bits per heavy atom. The fourth-order valence-electron chi connectivity index (χ4n) is 4.77. The van der Waals surface area contributed by atoms with Gasteiger partial charge in [0.2, 0.25) is 0 Å². The van der Waals surface area contributed by atoms with Crippen LogP contribution in [0.2, 0.25) is 0 Å². The molecule has 2 aliphatic rings. The van der Waals surface area contributed by atoms with E-state index >= 15 is 0 Å². The topological polar surface area (TPSA) is 88.1 Å². The molecule has 1 N–H and O–H groups in total. The minimum absolute atomic E-state index is 0.217. The lowest BCUT2D eigenvalue weighted by molar-refractivity contribution is -0.136. The van der Waals surface area contributed by atoms with E-state index in [1.807, 2.05) is 37.3 Å². The first-order chi connectivity index (χ1) is 17.4. The summed E-state index contributed by atoms with van der Waals surface area (Å²) in [4.78, 5) is 20.0. The zero-order valence-corrected chi connectivity index (χ0v) is 21.7. The number of nitrogens with one attached hydrogen (secondary N) is 1. The lowest BCUT2D eigenvalue weighted by Gasteiger charge is -2.40. The number of sulfonamides is 1. The van der Waals surface area contributed by atoms with Crippen molar-refractivity contribution in [2.45, 2.75) is 30.7 Å². The maximum atomic E-state index is 13.4. The van der Waals surface area contributed by atoms with Crippen LogP contribution in [0.3, 0.4) is 0 Å².